The number of carboxylic acids is 1. The first kappa shape index (κ1) is 15.6. The highest BCUT2D eigenvalue weighted by molar-refractivity contribution is 7.98. The van der Waals surface area contributed by atoms with Gasteiger partial charge >= 0.3 is 5.97 Å². The van der Waals surface area contributed by atoms with E-state index >= 15 is 0 Å². The van der Waals surface area contributed by atoms with E-state index < -0.39 is 12.0 Å². The number of hydrogen-bond acceptors (Lipinski definition) is 3. The van der Waals surface area contributed by atoms with Gasteiger partial charge in [0, 0.05) is 18.1 Å². The third-order valence-electron chi connectivity index (χ3n) is 3.09. The number of benzene rings is 2. The first-order chi connectivity index (χ1) is 10.3. The number of thioether (sulfide) groups is 1. The maximum atomic E-state index is 11.3. The third-order valence-corrected chi connectivity index (χ3v) is 4.20. The van der Waals surface area contributed by atoms with Crippen LogP contribution in [0.4, 0.5) is 0 Å². The summed E-state index contributed by atoms with van der Waals surface area (Å²) in [7, 11) is 0. The van der Waals surface area contributed by atoms with Crippen molar-refractivity contribution in [3.8, 4) is 0 Å². The van der Waals surface area contributed by atoms with E-state index in [2.05, 4.69) is 17.4 Å². The van der Waals surface area contributed by atoms with Gasteiger partial charge < -0.3 is 5.11 Å². The van der Waals surface area contributed by atoms with Gasteiger partial charge in [-0.25, -0.2) is 0 Å². The molecular formula is C17H19NO2S. The van der Waals surface area contributed by atoms with E-state index in [1.165, 1.54) is 5.56 Å². The van der Waals surface area contributed by atoms with Crippen LogP contribution in [-0.2, 0) is 17.1 Å². The summed E-state index contributed by atoms with van der Waals surface area (Å²) in [5.74, 6) is 0.584. The molecule has 0 heterocycles. The van der Waals surface area contributed by atoms with Crippen molar-refractivity contribution in [2.75, 3.05) is 5.75 Å². The normalized spacial score (nSPS) is 12.0. The van der Waals surface area contributed by atoms with E-state index in [4.69, 9.17) is 0 Å². The molecule has 0 unspecified atom stereocenters. The average Bonchev–Trinajstić information content (AvgIpc) is 2.52. The maximum absolute atomic E-state index is 11.3. The molecule has 110 valence electrons. The van der Waals surface area contributed by atoms with Crippen molar-refractivity contribution in [1.82, 2.24) is 5.32 Å². The Morgan fingerprint density at radius 1 is 1.00 bits per heavy atom. The summed E-state index contributed by atoms with van der Waals surface area (Å²) < 4.78 is 0. The van der Waals surface area contributed by atoms with Crippen molar-refractivity contribution in [3.05, 3.63) is 71.8 Å². The Labute approximate surface area is 129 Å². The summed E-state index contributed by atoms with van der Waals surface area (Å²) in [4.78, 5) is 11.3. The van der Waals surface area contributed by atoms with Crippen molar-refractivity contribution in [1.29, 1.82) is 0 Å². The minimum Gasteiger partial charge on any atom is -0.480 e. The Hall–Kier alpha value is -1.78. The molecule has 4 heteroatoms. The first-order valence-electron chi connectivity index (χ1n) is 6.87. The molecule has 0 aliphatic heterocycles. The second kappa shape index (κ2) is 8.49. The molecule has 21 heavy (non-hydrogen) atoms. The van der Waals surface area contributed by atoms with Crippen LogP contribution in [0.15, 0.2) is 60.7 Å². The van der Waals surface area contributed by atoms with E-state index in [1.54, 1.807) is 11.8 Å². The summed E-state index contributed by atoms with van der Waals surface area (Å²) in [5.41, 5.74) is 2.31. The Morgan fingerprint density at radius 3 is 2.14 bits per heavy atom. The zero-order chi connectivity index (χ0) is 14.9. The fraction of sp³-hybridized carbons (Fsp3) is 0.235. The highest BCUT2D eigenvalue weighted by Gasteiger charge is 2.16. The van der Waals surface area contributed by atoms with Crippen LogP contribution in [0, 0.1) is 0 Å². The topological polar surface area (TPSA) is 49.3 Å². The lowest BCUT2D eigenvalue weighted by Crippen LogP contribution is -2.38. The molecule has 0 saturated carbocycles. The number of aliphatic carboxylic acids is 1. The van der Waals surface area contributed by atoms with Gasteiger partial charge in [-0.1, -0.05) is 60.7 Å². The molecule has 0 aliphatic rings. The van der Waals surface area contributed by atoms with Crippen molar-refractivity contribution in [3.63, 3.8) is 0 Å². The van der Waals surface area contributed by atoms with Crippen LogP contribution in [0.25, 0.3) is 0 Å². The van der Waals surface area contributed by atoms with Crippen molar-refractivity contribution in [2.45, 2.75) is 18.3 Å². The summed E-state index contributed by atoms with van der Waals surface area (Å²) in [6.07, 6.45) is 0. The van der Waals surface area contributed by atoms with E-state index in [1.807, 2.05) is 48.5 Å². The molecule has 0 radical (unpaired) electrons. The zero-order valence-electron chi connectivity index (χ0n) is 11.7. The van der Waals surface area contributed by atoms with Crippen molar-refractivity contribution in [2.24, 2.45) is 0 Å². The van der Waals surface area contributed by atoms with Gasteiger partial charge in [0.25, 0.3) is 0 Å². The molecule has 1 atom stereocenters. The predicted octanol–water partition coefficient (Wildman–Crippen LogP) is 3.16. The second-order valence-electron chi connectivity index (χ2n) is 4.76. The standard InChI is InChI=1S/C17H19NO2S/c19-17(20)16(18-11-14-7-3-1-4-8-14)13-21-12-15-9-5-2-6-10-15/h1-10,16,18H,11-13H2,(H,19,20)/t16-/m0/s1. The van der Waals surface area contributed by atoms with E-state index in [0.717, 1.165) is 11.3 Å². The number of carboxylic acid groups (broad SMARTS) is 1. The van der Waals surface area contributed by atoms with Gasteiger partial charge in [0.1, 0.15) is 6.04 Å². The van der Waals surface area contributed by atoms with Gasteiger partial charge in [0.05, 0.1) is 0 Å². The quantitative estimate of drug-likeness (QED) is 0.786. The Bertz CT molecular complexity index is 545. The summed E-state index contributed by atoms with van der Waals surface area (Å²) >= 11 is 1.63. The predicted molar refractivity (Wildman–Crippen MR) is 87.3 cm³/mol. The van der Waals surface area contributed by atoms with Crippen LogP contribution in [0.1, 0.15) is 11.1 Å². The summed E-state index contributed by atoms with van der Waals surface area (Å²) in [5, 5.41) is 12.4. The highest BCUT2D eigenvalue weighted by Crippen LogP contribution is 2.13. The molecule has 0 aliphatic carbocycles. The summed E-state index contributed by atoms with van der Waals surface area (Å²) in [6, 6.07) is 19.4. The Morgan fingerprint density at radius 2 is 1.57 bits per heavy atom. The van der Waals surface area contributed by atoms with E-state index in [0.29, 0.717) is 12.3 Å². The lowest BCUT2D eigenvalue weighted by atomic mass is 10.2. The largest absolute Gasteiger partial charge is 0.480 e. The molecule has 0 aromatic heterocycles. The molecular weight excluding hydrogens is 282 g/mol. The molecule has 0 spiro atoms. The van der Waals surface area contributed by atoms with Crippen LogP contribution in [0.5, 0.6) is 0 Å². The number of carbonyl (C=O) groups is 1. The second-order valence-corrected chi connectivity index (χ2v) is 5.79. The van der Waals surface area contributed by atoms with Crippen LogP contribution in [0.2, 0.25) is 0 Å². The smallest absolute Gasteiger partial charge is 0.321 e. The van der Waals surface area contributed by atoms with Crippen LogP contribution in [-0.4, -0.2) is 22.9 Å². The maximum Gasteiger partial charge on any atom is 0.321 e. The van der Waals surface area contributed by atoms with Crippen LogP contribution >= 0.6 is 11.8 Å². The Kier molecular flexibility index (Phi) is 6.31. The number of rotatable bonds is 8. The highest BCUT2D eigenvalue weighted by atomic mass is 32.2. The number of hydrogen-bond donors (Lipinski definition) is 2. The van der Waals surface area contributed by atoms with Crippen molar-refractivity contribution < 1.29 is 9.90 Å². The minimum atomic E-state index is -0.800. The molecule has 3 nitrogen and oxygen atoms in total. The third kappa shape index (κ3) is 5.61. The van der Waals surface area contributed by atoms with Gasteiger partial charge in [0.2, 0.25) is 0 Å². The Balaban J connectivity index is 1.78. The van der Waals surface area contributed by atoms with Gasteiger partial charge in [-0.3, -0.25) is 10.1 Å². The molecule has 2 aromatic rings. The van der Waals surface area contributed by atoms with Gasteiger partial charge in [-0.2, -0.15) is 11.8 Å². The molecule has 2 N–H and O–H groups in total. The van der Waals surface area contributed by atoms with Crippen molar-refractivity contribution >= 4 is 17.7 Å². The van der Waals surface area contributed by atoms with Crippen LogP contribution < -0.4 is 5.32 Å². The number of nitrogens with one attached hydrogen (secondary N) is 1. The van der Waals surface area contributed by atoms with Crippen LogP contribution in [0.3, 0.4) is 0 Å². The fourth-order valence-corrected chi connectivity index (χ4v) is 2.97. The molecule has 2 rings (SSSR count). The van der Waals surface area contributed by atoms with Gasteiger partial charge in [-0.05, 0) is 11.1 Å². The lowest BCUT2D eigenvalue weighted by molar-refractivity contribution is -0.138. The first-order valence-corrected chi connectivity index (χ1v) is 8.03. The molecule has 2 aromatic carbocycles. The van der Waals surface area contributed by atoms with Gasteiger partial charge in [0.15, 0.2) is 0 Å². The minimum absolute atomic E-state index is 0.529. The molecule has 0 amide bonds. The average molecular weight is 301 g/mol. The molecule has 0 bridgehead atoms. The lowest BCUT2D eigenvalue weighted by Gasteiger charge is -2.14. The zero-order valence-corrected chi connectivity index (χ0v) is 12.6. The monoisotopic (exact) mass is 301 g/mol. The van der Waals surface area contributed by atoms with Gasteiger partial charge in [-0.15, -0.1) is 0 Å². The fourth-order valence-electron chi connectivity index (χ4n) is 1.92. The SMILES string of the molecule is O=C(O)[C@H](CSCc1ccccc1)NCc1ccccc1. The molecule has 0 fully saturated rings. The van der Waals surface area contributed by atoms with E-state index in [-0.39, 0.29) is 0 Å². The summed E-state index contributed by atoms with van der Waals surface area (Å²) in [6.45, 7) is 0.573. The van der Waals surface area contributed by atoms with E-state index in [9.17, 15) is 9.90 Å². The molecule has 0 saturated heterocycles.